The first-order valence-electron chi connectivity index (χ1n) is 8.05. The second-order valence-electron chi connectivity index (χ2n) is 6.07. The highest BCUT2D eigenvalue weighted by molar-refractivity contribution is 5.90. The molecule has 0 saturated heterocycles. The van der Waals surface area contributed by atoms with Gasteiger partial charge in [-0.25, -0.2) is 4.79 Å². The van der Waals surface area contributed by atoms with Crippen LogP contribution in [0.25, 0.3) is 0 Å². The van der Waals surface area contributed by atoms with E-state index in [1.165, 1.54) is 5.56 Å². The number of rotatable bonds is 6. The SMILES string of the molecule is COCc1ccccc1NC(=O)N[C@H](C)Cc1c(C)nn(C)c1C. The largest absolute Gasteiger partial charge is 0.380 e. The van der Waals surface area contributed by atoms with Gasteiger partial charge >= 0.3 is 6.03 Å². The van der Waals surface area contributed by atoms with E-state index in [2.05, 4.69) is 15.7 Å². The van der Waals surface area contributed by atoms with E-state index in [4.69, 9.17) is 4.74 Å². The van der Waals surface area contributed by atoms with Crippen LogP contribution in [0, 0.1) is 13.8 Å². The summed E-state index contributed by atoms with van der Waals surface area (Å²) in [5.74, 6) is 0. The van der Waals surface area contributed by atoms with Crippen LogP contribution in [-0.2, 0) is 24.8 Å². The van der Waals surface area contributed by atoms with Gasteiger partial charge in [0, 0.05) is 37.1 Å². The summed E-state index contributed by atoms with van der Waals surface area (Å²) in [4.78, 5) is 12.3. The fourth-order valence-electron chi connectivity index (χ4n) is 2.78. The Morgan fingerprint density at radius 2 is 2.04 bits per heavy atom. The molecule has 130 valence electrons. The van der Waals surface area contributed by atoms with Gasteiger partial charge in [-0.3, -0.25) is 4.68 Å². The van der Waals surface area contributed by atoms with E-state index >= 15 is 0 Å². The van der Waals surface area contributed by atoms with Crippen LogP contribution < -0.4 is 10.6 Å². The van der Waals surface area contributed by atoms with Crippen LogP contribution >= 0.6 is 0 Å². The van der Waals surface area contributed by atoms with Gasteiger partial charge in [0.15, 0.2) is 0 Å². The number of ether oxygens (including phenoxy) is 1. The molecule has 0 radical (unpaired) electrons. The maximum absolute atomic E-state index is 12.3. The normalized spacial score (nSPS) is 12.0. The number of benzene rings is 1. The molecule has 0 spiro atoms. The molecule has 0 aliphatic rings. The lowest BCUT2D eigenvalue weighted by Crippen LogP contribution is -2.37. The standard InChI is InChI=1S/C18H26N4O2/c1-12(10-16-13(2)21-22(4)14(16)3)19-18(23)20-17-9-7-6-8-15(17)11-24-5/h6-9,12H,10-11H2,1-5H3,(H2,19,20,23)/t12-/m1/s1. The Labute approximate surface area is 143 Å². The van der Waals surface area contributed by atoms with Crippen molar-refractivity contribution in [1.82, 2.24) is 15.1 Å². The molecule has 0 aliphatic heterocycles. The zero-order chi connectivity index (χ0) is 17.7. The minimum Gasteiger partial charge on any atom is -0.380 e. The molecule has 1 atom stereocenters. The topological polar surface area (TPSA) is 68.2 Å². The highest BCUT2D eigenvalue weighted by Gasteiger charge is 2.15. The van der Waals surface area contributed by atoms with Crippen LogP contribution in [0.3, 0.4) is 0 Å². The van der Waals surface area contributed by atoms with Gasteiger partial charge in [0.05, 0.1) is 12.3 Å². The molecule has 2 N–H and O–H groups in total. The summed E-state index contributed by atoms with van der Waals surface area (Å²) >= 11 is 0. The molecular formula is C18H26N4O2. The lowest BCUT2D eigenvalue weighted by Gasteiger charge is -2.16. The zero-order valence-electron chi connectivity index (χ0n) is 15.0. The first kappa shape index (κ1) is 18.0. The van der Waals surface area contributed by atoms with E-state index in [-0.39, 0.29) is 12.1 Å². The summed E-state index contributed by atoms with van der Waals surface area (Å²) in [6.45, 7) is 6.49. The average Bonchev–Trinajstić information content (AvgIpc) is 2.76. The summed E-state index contributed by atoms with van der Waals surface area (Å²) in [5.41, 5.74) is 5.03. The van der Waals surface area contributed by atoms with Crippen LogP contribution in [0.2, 0.25) is 0 Å². The first-order chi connectivity index (χ1) is 11.4. The monoisotopic (exact) mass is 330 g/mol. The predicted molar refractivity (Wildman–Crippen MR) is 95.2 cm³/mol. The van der Waals surface area contributed by atoms with Gasteiger partial charge in [-0.1, -0.05) is 18.2 Å². The molecule has 0 unspecified atom stereocenters. The van der Waals surface area contributed by atoms with Crippen molar-refractivity contribution in [2.24, 2.45) is 7.05 Å². The van der Waals surface area contributed by atoms with Crippen molar-refractivity contribution < 1.29 is 9.53 Å². The van der Waals surface area contributed by atoms with Gasteiger partial charge in [-0.05, 0) is 38.8 Å². The Kier molecular flexibility index (Phi) is 5.98. The van der Waals surface area contributed by atoms with E-state index in [1.807, 2.05) is 56.8 Å². The Bertz CT molecular complexity index is 709. The minimum absolute atomic E-state index is 0.00110. The number of carbonyl (C=O) groups excluding carboxylic acids is 1. The molecule has 1 aromatic carbocycles. The van der Waals surface area contributed by atoms with Crippen LogP contribution in [0.4, 0.5) is 10.5 Å². The van der Waals surface area contributed by atoms with E-state index in [1.54, 1.807) is 7.11 Å². The number of nitrogens with zero attached hydrogens (tertiary/aromatic N) is 2. The van der Waals surface area contributed by atoms with Gasteiger partial charge in [0.25, 0.3) is 0 Å². The maximum Gasteiger partial charge on any atom is 0.319 e. The molecule has 0 bridgehead atoms. The van der Waals surface area contributed by atoms with Gasteiger partial charge in [0.2, 0.25) is 0 Å². The first-order valence-corrected chi connectivity index (χ1v) is 8.05. The fourth-order valence-corrected chi connectivity index (χ4v) is 2.78. The summed E-state index contributed by atoms with van der Waals surface area (Å²) in [6.07, 6.45) is 0.749. The summed E-state index contributed by atoms with van der Waals surface area (Å²) < 4.78 is 7.03. The fraction of sp³-hybridized carbons (Fsp3) is 0.444. The third-order valence-electron chi connectivity index (χ3n) is 4.11. The molecule has 2 amide bonds. The van der Waals surface area contributed by atoms with Crippen molar-refractivity contribution in [2.75, 3.05) is 12.4 Å². The molecule has 0 fully saturated rings. The van der Waals surface area contributed by atoms with Gasteiger partial charge in [-0.2, -0.15) is 5.10 Å². The highest BCUT2D eigenvalue weighted by Crippen LogP contribution is 2.16. The molecule has 1 heterocycles. The van der Waals surface area contributed by atoms with Crippen molar-refractivity contribution in [3.8, 4) is 0 Å². The summed E-state index contributed by atoms with van der Waals surface area (Å²) in [7, 11) is 3.57. The third-order valence-corrected chi connectivity index (χ3v) is 4.11. The van der Waals surface area contributed by atoms with Crippen LogP contribution in [-0.4, -0.2) is 29.0 Å². The predicted octanol–water partition coefficient (Wildman–Crippen LogP) is 2.94. The van der Waals surface area contributed by atoms with Crippen LogP contribution in [0.15, 0.2) is 24.3 Å². The van der Waals surface area contributed by atoms with Gasteiger partial charge in [0.1, 0.15) is 0 Å². The maximum atomic E-state index is 12.3. The number of hydrogen-bond acceptors (Lipinski definition) is 3. The van der Waals surface area contributed by atoms with Crippen molar-refractivity contribution in [1.29, 1.82) is 0 Å². The van der Waals surface area contributed by atoms with Crippen molar-refractivity contribution in [2.45, 2.75) is 39.8 Å². The Morgan fingerprint density at radius 1 is 1.33 bits per heavy atom. The number of methoxy groups -OCH3 is 1. The average molecular weight is 330 g/mol. The number of aromatic nitrogens is 2. The van der Waals surface area contributed by atoms with Crippen LogP contribution in [0.1, 0.15) is 29.4 Å². The smallest absolute Gasteiger partial charge is 0.319 e. The number of aryl methyl sites for hydroxylation is 2. The van der Waals surface area contributed by atoms with Crippen molar-refractivity contribution in [3.05, 3.63) is 46.8 Å². The number of urea groups is 1. The Hall–Kier alpha value is -2.34. The van der Waals surface area contributed by atoms with E-state index in [9.17, 15) is 4.79 Å². The molecule has 6 nitrogen and oxygen atoms in total. The Balaban J connectivity index is 1.97. The van der Waals surface area contributed by atoms with Gasteiger partial charge in [-0.15, -0.1) is 0 Å². The van der Waals surface area contributed by atoms with Crippen molar-refractivity contribution in [3.63, 3.8) is 0 Å². The lowest BCUT2D eigenvalue weighted by atomic mass is 10.1. The molecule has 2 rings (SSSR count). The number of hydrogen-bond donors (Lipinski definition) is 2. The minimum atomic E-state index is -0.217. The number of nitrogens with one attached hydrogen (secondary N) is 2. The number of para-hydroxylation sites is 1. The van der Waals surface area contributed by atoms with E-state index < -0.39 is 0 Å². The molecule has 0 aliphatic carbocycles. The summed E-state index contributed by atoms with van der Waals surface area (Å²) in [6, 6.07) is 7.40. The zero-order valence-corrected chi connectivity index (χ0v) is 15.0. The number of amides is 2. The van der Waals surface area contributed by atoms with E-state index in [0.29, 0.717) is 6.61 Å². The van der Waals surface area contributed by atoms with Crippen LogP contribution in [0.5, 0.6) is 0 Å². The summed E-state index contributed by atoms with van der Waals surface area (Å²) in [5, 5.41) is 10.3. The van der Waals surface area contributed by atoms with E-state index in [0.717, 1.165) is 29.1 Å². The Morgan fingerprint density at radius 3 is 2.67 bits per heavy atom. The molecule has 24 heavy (non-hydrogen) atoms. The number of carbonyl (C=O) groups is 1. The molecular weight excluding hydrogens is 304 g/mol. The van der Waals surface area contributed by atoms with Crippen molar-refractivity contribution >= 4 is 11.7 Å². The highest BCUT2D eigenvalue weighted by atomic mass is 16.5. The second kappa shape index (κ2) is 7.97. The van der Waals surface area contributed by atoms with Gasteiger partial charge < -0.3 is 15.4 Å². The second-order valence-corrected chi connectivity index (χ2v) is 6.07. The molecule has 0 saturated carbocycles. The number of anilines is 1. The molecule has 1 aromatic heterocycles. The third kappa shape index (κ3) is 4.35. The molecule has 2 aromatic rings. The lowest BCUT2D eigenvalue weighted by molar-refractivity contribution is 0.185. The quantitative estimate of drug-likeness (QED) is 0.856. The molecule has 6 heteroatoms.